The van der Waals surface area contributed by atoms with Crippen LogP contribution in [0.1, 0.15) is 49.9 Å². The summed E-state index contributed by atoms with van der Waals surface area (Å²) in [4.78, 5) is 4.56. The second-order valence-corrected chi connectivity index (χ2v) is 5.15. The van der Waals surface area contributed by atoms with E-state index >= 15 is 0 Å². The summed E-state index contributed by atoms with van der Waals surface area (Å²) >= 11 is 0. The van der Waals surface area contributed by atoms with Gasteiger partial charge in [0, 0.05) is 24.8 Å². The Morgan fingerprint density at radius 1 is 1.25 bits per heavy atom. The molecule has 0 spiro atoms. The van der Waals surface area contributed by atoms with Gasteiger partial charge in [-0.1, -0.05) is 12.8 Å². The van der Waals surface area contributed by atoms with Crippen LogP contribution in [0, 0.1) is 0 Å². The summed E-state index contributed by atoms with van der Waals surface area (Å²) in [7, 11) is 0. The number of aryl methyl sites for hydroxylation is 1. The van der Waals surface area contributed by atoms with E-state index in [1.807, 2.05) is 6.33 Å². The molecule has 1 aromatic heterocycles. The largest absolute Gasteiger partial charge is 0.334 e. The first-order valence-electron chi connectivity index (χ1n) is 6.70. The number of nitrogens with one attached hydrogen (secondary N) is 1. The second kappa shape index (κ2) is 4.58. The van der Waals surface area contributed by atoms with E-state index in [9.17, 15) is 0 Å². The van der Waals surface area contributed by atoms with Crippen molar-refractivity contribution in [3.8, 4) is 0 Å². The van der Waals surface area contributed by atoms with E-state index in [-0.39, 0.29) is 0 Å². The summed E-state index contributed by atoms with van der Waals surface area (Å²) in [6, 6.07) is 0.751. The molecule has 88 valence electrons. The number of imidazole rings is 1. The van der Waals surface area contributed by atoms with Crippen molar-refractivity contribution in [2.45, 2.75) is 64.1 Å². The van der Waals surface area contributed by atoms with E-state index in [2.05, 4.69) is 14.9 Å². The summed E-state index contributed by atoms with van der Waals surface area (Å²) < 4.78 is 2.34. The molecule has 3 nitrogen and oxygen atoms in total. The van der Waals surface area contributed by atoms with Crippen LogP contribution in [0.15, 0.2) is 6.33 Å². The van der Waals surface area contributed by atoms with Gasteiger partial charge in [0.15, 0.2) is 0 Å². The molecule has 0 unspecified atom stereocenters. The smallest absolute Gasteiger partial charge is 0.0952 e. The minimum atomic E-state index is 0.751. The van der Waals surface area contributed by atoms with E-state index in [0.717, 1.165) is 12.6 Å². The van der Waals surface area contributed by atoms with Crippen molar-refractivity contribution < 1.29 is 0 Å². The fourth-order valence-corrected chi connectivity index (χ4v) is 3.02. The summed E-state index contributed by atoms with van der Waals surface area (Å²) in [6.07, 6.45) is 11.4. The van der Waals surface area contributed by atoms with Crippen LogP contribution < -0.4 is 5.32 Å². The Labute approximate surface area is 97.3 Å². The third kappa shape index (κ3) is 2.01. The summed E-state index contributed by atoms with van der Waals surface area (Å²) in [5.41, 5.74) is 2.78. The number of hydrogen-bond acceptors (Lipinski definition) is 2. The Kier molecular flexibility index (Phi) is 2.96. The van der Waals surface area contributed by atoms with Crippen molar-refractivity contribution in [1.29, 1.82) is 0 Å². The number of fused-ring (bicyclic) bond motifs is 1. The SMILES string of the molecule is c1nc(CNC2CCCC2)c2n1CCCC2. The van der Waals surface area contributed by atoms with E-state index in [1.165, 1.54) is 62.9 Å². The zero-order chi connectivity index (χ0) is 10.8. The highest BCUT2D eigenvalue weighted by Crippen LogP contribution is 2.20. The van der Waals surface area contributed by atoms with Gasteiger partial charge in [-0.3, -0.25) is 0 Å². The zero-order valence-electron chi connectivity index (χ0n) is 9.91. The molecule has 1 aliphatic carbocycles. The molecule has 3 rings (SSSR count). The Morgan fingerprint density at radius 3 is 3.00 bits per heavy atom. The molecule has 2 aliphatic rings. The third-order valence-corrected chi connectivity index (χ3v) is 4.01. The monoisotopic (exact) mass is 219 g/mol. The number of aromatic nitrogens is 2. The highest BCUT2D eigenvalue weighted by Gasteiger charge is 2.17. The normalized spacial score (nSPS) is 21.2. The highest BCUT2D eigenvalue weighted by molar-refractivity contribution is 5.15. The quantitative estimate of drug-likeness (QED) is 0.845. The van der Waals surface area contributed by atoms with Crippen molar-refractivity contribution in [3.05, 3.63) is 17.7 Å². The van der Waals surface area contributed by atoms with Crippen LogP contribution in [-0.4, -0.2) is 15.6 Å². The van der Waals surface area contributed by atoms with Crippen molar-refractivity contribution in [1.82, 2.24) is 14.9 Å². The molecule has 0 amide bonds. The third-order valence-electron chi connectivity index (χ3n) is 4.01. The van der Waals surface area contributed by atoms with Crippen LogP contribution in [-0.2, 0) is 19.5 Å². The minimum absolute atomic E-state index is 0.751. The van der Waals surface area contributed by atoms with E-state index in [4.69, 9.17) is 0 Å². The first kappa shape index (κ1) is 10.3. The lowest BCUT2D eigenvalue weighted by Crippen LogP contribution is -2.26. The number of hydrogen-bond donors (Lipinski definition) is 1. The molecule has 2 heterocycles. The number of nitrogens with zero attached hydrogens (tertiary/aromatic N) is 2. The van der Waals surface area contributed by atoms with Crippen LogP contribution in [0.5, 0.6) is 0 Å². The lowest BCUT2D eigenvalue weighted by atomic mass is 10.1. The molecule has 1 aromatic rings. The standard InChI is InChI=1S/C13H21N3/c1-2-6-11(5-1)14-9-12-13-7-3-4-8-16(13)10-15-12/h10-11,14H,1-9H2. The molecular weight excluding hydrogens is 198 g/mol. The average molecular weight is 219 g/mol. The van der Waals surface area contributed by atoms with Gasteiger partial charge in [-0.2, -0.15) is 0 Å². The van der Waals surface area contributed by atoms with Gasteiger partial charge in [-0.25, -0.2) is 4.98 Å². The Balaban J connectivity index is 1.63. The molecule has 1 N–H and O–H groups in total. The van der Waals surface area contributed by atoms with E-state index in [1.54, 1.807) is 0 Å². The van der Waals surface area contributed by atoms with Crippen LogP contribution >= 0.6 is 0 Å². The van der Waals surface area contributed by atoms with Crippen LogP contribution in [0.3, 0.4) is 0 Å². The zero-order valence-corrected chi connectivity index (χ0v) is 9.91. The maximum atomic E-state index is 4.56. The van der Waals surface area contributed by atoms with Crippen LogP contribution in [0.25, 0.3) is 0 Å². The molecule has 0 atom stereocenters. The Bertz CT molecular complexity index is 350. The molecule has 0 aromatic carbocycles. The lowest BCUT2D eigenvalue weighted by molar-refractivity contribution is 0.504. The van der Waals surface area contributed by atoms with Crippen molar-refractivity contribution >= 4 is 0 Å². The predicted octanol–water partition coefficient (Wildman–Crippen LogP) is 2.25. The van der Waals surface area contributed by atoms with Crippen molar-refractivity contribution in [2.24, 2.45) is 0 Å². The maximum absolute atomic E-state index is 4.56. The fraction of sp³-hybridized carbons (Fsp3) is 0.769. The highest BCUT2D eigenvalue weighted by atomic mass is 15.1. The van der Waals surface area contributed by atoms with Crippen LogP contribution in [0.2, 0.25) is 0 Å². The molecule has 1 aliphatic heterocycles. The van der Waals surface area contributed by atoms with Gasteiger partial charge in [-0.05, 0) is 32.1 Å². The Morgan fingerprint density at radius 2 is 2.12 bits per heavy atom. The van der Waals surface area contributed by atoms with Crippen LogP contribution in [0.4, 0.5) is 0 Å². The molecule has 16 heavy (non-hydrogen) atoms. The molecule has 1 saturated carbocycles. The topological polar surface area (TPSA) is 29.9 Å². The van der Waals surface area contributed by atoms with E-state index in [0.29, 0.717) is 0 Å². The van der Waals surface area contributed by atoms with Gasteiger partial charge in [-0.15, -0.1) is 0 Å². The lowest BCUT2D eigenvalue weighted by Gasteiger charge is -2.16. The van der Waals surface area contributed by atoms with Crippen molar-refractivity contribution in [2.75, 3.05) is 0 Å². The molecule has 1 fully saturated rings. The average Bonchev–Trinajstić information content (AvgIpc) is 2.96. The molecule has 3 heteroatoms. The number of rotatable bonds is 3. The van der Waals surface area contributed by atoms with Gasteiger partial charge in [0.1, 0.15) is 0 Å². The van der Waals surface area contributed by atoms with Gasteiger partial charge >= 0.3 is 0 Å². The van der Waals surface area contributed by atoms with Gasteiger partial charge in [0.05, 0.1) is 12.0 Å². The van der Waals surface area contributed by atoms with Gasteiger partial charge < -0.3 is 9.88 Å². The summed E-state index contributed by atoms with van der Waals surface area (Å²) in [5.74, 6) is 0. The summed E-state index contributed by atoms with van der Waals surface area (Å²) in [6.45, 7) is 2.15. The van der Waals surface area contributed by atoms with Gasteiger partial charge in [0.25, 0.3) is 0 Å². The first-order valence-corrected chi connectivity index (χ1v) is 6.70. The van der Waals surface area contributed by atoms with Crippen molar-refractivity contribution in [3.63, 3.8) is 0 Å². The molecule has 0 saturated heterocycles. The summed E-state index contributed by atoms with van der Waals surface area (Å²) in [5, 5.41) is 3.66. The first-order chi connectivity index (χ1) is 7.93. The predicted molar refractivity (Wildman–Crippen MR) is 64.3 cm³/mol. The van der Waals surface area contributed by atoms with E-state index < -0.39 is 0 Å². The maximum Gasteiger partial charge on any atom is 0.0952 e. The molecular formula is C13H21N3. The Hall–Kier alpha value is -0.830. The molecule has 0 bridgehead atoms. The van der Waals surface area contributed by atoms with Gasteiger partial charge in [0.2, 0.25) is 0 Å². The minimum Gasteiger partial charge on any atom is -0.334 e. The fourth-order valence-electron chi connectivity index (χ4n) is 3.02. The molecule has 0 radical (unpaired) electrons. The second-order valence-electron chi connectivity index (χ2n) is 5.15.